The van der Waals surface area contributed by atoms with Crippen LogP contribution >= 0.6 is 24.0 Å². The molecule has 2 aromatic rings. The molecule has 3 nitrogen and oxygen atoms in total. The van der Waals surface area contributed by atoms with Gasteiger partial charge in [-0.3, -0.25) is 9.69 Å². The summed E-state index contributed by atoms with van der Waals surface area (Å²) in [6.45, 7) is 2.37. The van der Waals surface area contributed by atoms with Crippen molar-refractivity contribution in [2.75, 3.05) is 11.5 Å². The summed E-state index contributed by atoms with van der Waals surface area (Å²) < 4.78 is 19.3. The number of para-hydroxylation sites is 2. The topological polar surface area (TPSA) is 29.5 Å². The van der Waals surface area contributed by atoms with Crippen molar-refractivity contribution in [3.63, 3.8) is 0 Å². The molecule has 6 heteroatoms. The fraction of sp³-hybridized carbons (Fsp3) is 0.111. The third-order valence-electron chi connectivity index (χ3n) is 3.35. The third-order valence-corrected chi connectivity index (χ3v) is 4.65. The van der Waals surface area contributed by atoms with Crippen molar-refractivity contribution in [3.8, 4) is 5.75 Å². The molecule has 0 aliphatic carbocycles. The second-order valence-electron chi connectivity index (χ2n) is 4.97. The summed E-state index contributed by atoms with van der Waals surface area (Å²) in [6, 6.07) is 13.3. The molecule has 24 heavy (non-hydrogen) atoms. The molecule has 1 saturated heterocycles. The van der Waals surface area contributed by atoms with Gasteiger partial charge in [0.1, 0.15) is 11.6 Å². The number of carbonyl (C=O) groups is 1. The number of nitrogens with zero attached hydrogens (tertiary/aromatic N) is 1. The van der Waals surface area contributed by atoms with Gasteiger partial charge in [-0.25, -0.2) is 4.39 Å². The Morgan fingerprint density at radius 3 is 2.79 bits per heavy atom. The average molecular weight is 359 g/mol. The minimum Gasteiger partial charge on any atom is -0.492 e. The fourth-order valence-corrected chi connectivity index (χ4v) is 3.63. The number of ether oxygens (including phenoxy) is 1. The quantitative estimate of drug-likeness (QED) is 0.588. The van der Waals surface area contributed by atoms with Crippen LogP contribution in [0.2, 0.25) is 0 Å². The molecule has 1 aliphatic heterocycles. The molecule has 0 bridgehead atoms. The van der Waals surface area contributed by atoms with Gasteiger partial charge in [0.15, 0.2) is 4.32 Å². The van der Waals surface area contributed by atoms with Crippen molar-refractivity contribution in [3.05, 3.63) is 64.8 Å². The maximum atomic E-state index is 13.3. The maximum absolute atomic E-state index is 13.3. The first-order valence-electron chi connectivity index (χ1n) is 7.35. The molecule has 1 fully saturated rings. The number of benzene rings is 2. The molecule has 2 aromatic carbocycles. The van der Waals surface area contributed by atoms with Crippen LogP contribution in [0.1, 0.15) is 12.5 Å². The Morgan fingerprint density at radius 2 is 2.04 bits per heavy atom. The van der Waals surface area contributed by atoms with Gasteiger partial charge < -0.3 is 4.74 Å². The molecule has 0 atom stereocenters. The van der Waals surface area contributed by atoms with Gasteiger partial charge in [0.2, 0.25) is 0 Å². The summed E-state index contributed by atoms with van der Waals surface area (Å²) >= 11 is 6.56. The van der Waals surface area contributed by atoms with Gasteiger partial charge in [0, 0.05) is 0 Å². The van der Waals surface area contributed by atoms with Gasteiger partial charge in [0.05, 0.1) is 17.2 Å². The number of hydrogen-bond donors (Lipinski definition) is 0. The van der Waals surface area contributed by atoms with Crippen molar-refractivity contribution >= 4 is 46.0 Å². The lowest BCUT2D eigenvalue weighted by atomic mass is 10.2. The van der Waals surface area contributed by atoms with Crippen molar-refractivity contribution in [2.45, 2.75) is 6.92 Å². The number of rotatable bonds is 4. The number of thioether (sulfide) groups is 1. The van der Waals surface area contributed by atoms with Crippen molar-refractivity contribution in [1.82, 2.24) is 0 Å². The minimum absolute atomic E-state index is 0.235. The summed E-state index contributed by atoms with van der Waals surface area (Å²) in [7, 11) is 0. The Bertz CT molecular complexity index is 835. The summed E-state index contributed by atoms with van der Waals surface area (Å²) in [5.41, 5.74) is 1.23. The highest BCUT2D eigenvalue weighted by Gasteiger charge is 2.34. The van der Waals surface area contributed by atoms with Crippen molar-refractivity contribution in [2.24, 2.45) is 0 Å². The minimum atomic E-state index is -0.346. The number of anilines is 1. The maximum Gasteiger partial charge on any atom is 0.270 e. The van der Waals surface area contributed by atoms with Crippen LogP contribution in [0.5, 0.6) is 5.75 Å². The summed E-state index contributed by atoms with van der Waals surface area (Å²) in [5, 5.41) is 0. The summed E-state index contributed by atoms with van der Waals surface area (Å²) in [5.74, 6) is 0.0191. The molecule has 0 N–H and O–H groups in total. The predicted octanol–water partition coefficient (Wildman–Crippen LogP) is 4.63. The van der Waals surface area contributed by atoms with Crippen LogP contribution < -0.4 is 9.64 Å². The van der Waals surface area contributed by atoms with Crippen LogP contribution in [0.3, 0.4) is 0 Å². The molecule has 0 aromatic heterocycles. The van der Waals surface area contributed by atoms with Gasteiger partial charge in [-0.05, 0) is 42.8 Å². The molecular formula is C18H14FNO2S2. The van der Waals surface area contributed by atoms with Crippen LogP contribution in [0.15, 0.2) is 53.4 Å². The second kappa shape index (κ2) is 7.15. The lowest BCUT2D eigenvalue weighted by molar-refractivity contribution is -0.113. The molecular weight excluding hydrogens is 345 g/mol. The summed E-state index contributed by atoms with van der Waals surface area (Å²) in [6.07, 6.45) is 1.64. The molecule has 1 amide bonds. The van der Waals surface area contributed by atoms with Crippen LogP contribution in [-0.2, 0) is 4.79 Å². The SMILES string of the molecule is CCOc1ccccc1N1C(=O)/C(=C/c2cccc(F)c2)SC1=S. The molecule has 1 aliphatic rings. The summed E-state index contributed by atoms with van der Waals surface area (Å²) in [4.78, 5) is 14.7. The zero-order valence-electron chi connectivity index (χ0n) is 12.9. The van der Waals surface area contributed by atoms with E-state index in [0.717, 1.165) is 0 Å². The van der Waals surface area contributed by atoms with E-state index in [2.05, 4.69) is 0 Å². The molecule has 3 rings (SSSR count). The van der Waals surface area contributed by atoms with E-state index in [4.69, 9.17) is 17.0 Å². The van der Waals surface area contributed by atoms with E-state index in [9.17, 15) is 9.18 Å². The van der Waals surface area contributed by atoms with E-state index < -0.39 is 0 Å². The lowest BCUT2D eigenvalue weighted by Gasteiger charge is -2.18. The highest BCUT2D eigenvalue weighted by molar-refractivity contribution is 8.27. The fourth-order valence-electron chi connectivity index (χ4n) is 2.34. The number of carbonyl (C=O) groups excluding carboxylic acids is 1. The molecule has 0 radical (unpaired) electrons. The van der Waals surface area contributed by atoms with E-state index in [0.29, 0.717) is 32.8 Å². The van der Waals surface area contributed by atoms with Crippen LogP contribution in [0, 0.1) is 5.82 Å². The van der Waals surface area contributed by atoms with E-state index in [-0.39, 0.29) is 11.7 Å². The van der Waals surface area contributed by atoms with Crippen molar-refractivity contribution < 1.29 is 13.9 Å². The average Bonchev–Trinajstić information content (AvgIpc) is 2.82. The molecule has 122 valence electrons. The first-order valence-corrected chi connectivity index (χ1v) is 8.58. The zero-order chi connectivity index (χ0) is 17.1. The highest BCUT2D eigenvalue weighted by atomic mass is 32.2. The smallest absolute Gasteiger partial charge is 0.270 e. The molecule has 0 spiro atoms. The normalized spacial score (nSPS) is 16.1. The van der Waals surface area contributed by atoms with E-state index in [1.165, 1.54) is 28.8 Å². The predicted molar refractivity (Wildman–Crippen MR) is 99.7 cm³/mol. The Balaban J connectivity index is 1.95. The van der Waals surface area contributed by atoms with Crippen LogP contribution in [0.4, 0.5) is 10.1 Å². The van der Waals surface area contributed by atoms with E-state index in [1.54, 1.807) is 30.3 Å². The number of hydrogen-bond acceptors (Lipinski definition) is 4. The van der Waals surface area contributed by atoms with Gasteiger partial charge >= 0.3 is 0 Å². The Hall–Kier alpha value is -2.18. The zero-order valence-corrected chi connectivity index (χ0v) is 14.5. The largest absolute Gasteiger partial charge is 0.492 e. The first-order chi connectivity index (χ1) is 11.6. The van der Waals surface area contributed by atoms with Crippen LogP contribution in [-0.4, -0.2) is 16.8 Å². The van der Waals surface area contributed by atoms with Gasteiger partial charge in [-0.2, -0.15) is 0 Å². The second-order valence-corrected chi connectivity index (χ2v) is 6.65. The van der Waals surface area contributed by atoms with E-state index in [1.807, 2.05) is 19.1 Å². The van der Waals surface area contributed by atoms with Gasteiger partial charge in [0.25, 0.3) is 5.91 Å². The molecule has 0 unspecified atom stereocenters. The monoisotopic (exact) mass is 359 g/mol. The highest BCUT2D eigenvalue weighted by Crippen LogP contribution is 2.39. The van der Waals surface area contributed by atoms with Gasteiger partial charge in [-0.15, -0.1) is 0 Å². The van der Waals surface area contributed by atoms with Crippen molar-refractivity contribution in [1.29, 1.82) is 0 Å². The molecule has 0 saturated carbocycles. The number of amides is 1. The Kier molecular flexibility index (Phi) is 4.97. The van der Waals surface area contributed by atoms with Crippen LogP contribution in [0.25, 0.3) is 6.08 Å². The van der Waals surface area contributed by atoms with E-state index >= 15 is 0 Å². The first kappa shape index (κ1) is 16.7. The standard InChI is InChI=1S/C18H14FNO2S2/c1-2-22-15-9-4-3-8-14(15)20-17(21)16(24-18(20)23)11-12-6-5-7-13(19)10-12/h3-11H,2H2,1H3/b16-11-. The third kappa shape index (κ3) is 3.34. The van der Waals surface area contributed by atoms with Gasteiger partial charge in [-0.1, -0.05) is 48.2 Å². The number of halogens is 1. The lowest BCUT2D eigenvalue weighted by Crippen LogP contribution is -2.28. The Morgan fingerprint density at radius 1 is 1.25 bits per heavy atom. The molecule has 1 heterocycles. The Labute approximate surface area is 149 Å². The number of thiocarbonyl (C=S) groups is 1.